The maximum absolute atomic E-state index is 13.7. The second-order valence-electron chi connectivity index (χ2n) is 4.79. The lowest BCUT2D eigenvalue weighted by atomic mass is 9.75. The van der Waals surface area contributed by atoms with Crippen molar-refractivity contribution >= 4 is 0 Å². The molecule has 2 unspecified atom stereocenters. The lowest BCUT2D eigenvalue weighted by Gasteiger charge is -2.40. The van der Waals surface area contributed by atoms with Crippen molar-refractivity contribution in [3.05, 3.63) is 35.4 Å². The SMILES string of the molecule is NCC1(C(O)c2cc(F)ccc2F)CCCOC1. The van der Waals surface area contributed by atoms with Gasteiger partial charge in [-0.25, -0.2) is 8.78 Å². The van der Waals surface area contributed by atoms with Crippen LogP contribution in [-0.4, -0.2) is 24.9 Å². The molecule has 0 aliphatic carbocycles. The second kappa shape index (κ2) is 5.30. The van der Waals surface area contributed by atoms with E-state index in [1.165, 1.54) is 0 Å². The van der Waals surface area contributed by atoms with Crippen molar-refractivity contribution in [1.82, 2.24) is 0 Å². The summed E-state index contributed by atoms with van der Waals surface area (Å²) in [5.41, 5.74) is 4.93. The van der Waals surface area contributed by atoms with E-state index in [0.29, 0.717) is 13.0 Å². The average Bonchev–Trinajstić information content (AvgIpc) is 2.41. The molecule has 1 saturated heterocycles. The molecule has 1 aliphatic rings. The fraction of sp³-hybridized carbons (Fsp3) is 0.538. The van der Waals surface area contributed by atoms with Gasteiger partial charge in [0.25, 0.3) is 0 Å². The van der Waals surface area contributed by atoms with Gasteiger partial charge in [-0.3, -0.25) is 0 Å². The van der Waals surface area contributed by atoms with E-state index in [1.807, 2.05) is 0 Å². The third kappa shape index (κ3) is 2.39. The predicted octanol–water partition coefficient (Wildman–Crippen LogP) is 1.75. The van der Waals surface area contributed by atoms with Gasteiger partial charge in [0.2, 0.25) is 0 Å². The summed E-state index contributed by atoms with van der Waals surface area (Å²) in [5, 5.41) is 10.3. The number of aliphatic hydroxyl groups is 1. The summed E-state index contributed by atoms with van der Waals surface area (Å²) in [5.74, 6) is -1.20. The molecular weight excluding hydrogens is 240 g/mol. The molecule has 0 aromatic heterocycles. The first-order chi connectivity index (χ1) is 8.59. The number of nitrogens with two attached hydrogens (primary N) is 1. The van der Waals surface area contributed by atoms with Crippen LogP contribution in [0.15, 0.2) is 18.2 Å². The molecule has 1 aromatic rings. The highest BCUT2D eigenvalue weighted by atomic mass is 19.1. The zero-order chi connectivity index (χ0) is 13.2. The fourth-order valence-electron chi connectivity index (χ4n) is 2.42. The van der Waals surface area contributed by atoms with E-state index in [4.69, 9.17) is 10.5 Å². The first-order valence-electron chi connectivity index (χ1n) is 6.00. The summed E-state index contributed by atoms with van der Waals surface area (Å²) in [4.78, 5) is 0. The van der Waals surface area contributed by atoms with E-state index >= 15 is 0 Å². The maximum atomic E-state index is 13.7. The van der Waals surface area contributed by atoms with Crippen LogP contribution in [0, 0.1) is 17.0 Å². The van der Waals surface area contributed by atoms with Gasteiger partial charge in [0.05, 0.1) is 12.7 Å². The van der Waals surface area contributed by atoms with Gasteiger partial charge in [-0.1, -0.05) is 0 Å². The Balaban J connectivity index is 2.33. The Bertz CT molecular complexity index is 419. The molecule has 1 fully saturated rings. The summed E-state index contributed by atoms with van der Waals surface area (Å²) < 4.78 is 32.2. The monoisotopic (exact) mass is 257 g/mol. The fourth-order valence-corrected chi connectivity index (χ4v) is 2.42. The summed E-state index contributed by atoms with van der Waals surface area (Å²) in [7, 11) is 0. The topological polar surface area (TPSA) is 55.5 Å². The van der Waals surface area contributed by atoms with Crippen LogP contribution in [-0.2, 0) is 4.74 Å². The van der Waals surface area contributed by atoms with E-state index in [2.05, 4.69) is 0 Å². The van der Waals surface area contributed by atoms with Crippen LogP contribution in [0.3, 0.4) is 0 Å². The molecule has 0 amide bonds. The Kier molecular flexibility index (Phi) is 3.94. The van der Waals surface area contributed by atoms with Crippen LogP contribution in [0.5, 0.6) is 0 Å². The van der Waals surface area contributed by atoms with Crippen LogP contribution in [0.1, 0.15) is 24.5 Å². The van der Waals surface area contributed by atoms with Crippen molar-refractivity contribution in [2.24, 2.45) is 11.1 Å². The summed E-state index contributed by atoms with van der Waals surface area (Å²) in [6.45, 7) is 1.05. The first-order valence-corrected chi connectivity index (χ1v) is 6.00. The lowest BCUT2D eigenvalue weighted by Crippen LogP contribution is -2.44. The van der Waals surface area contributed by atoms with Gasteiger partial charge in [0.15, 0.2) is 0 Å². The van der Waals surface area contributed by atoms with E-state index in [-0.39, 0.29) is 18.7 Å². The van der Waals surface area contributed by atoms with Crippen LogP contribution in [0.25, 0.3) is 0 Å². The molecule has 1 heterocycles. The van der Waals surface area contributed by atoms with E-state index in [1.54, 1.807) is 0 Å². The third-order valence-electron chi connectivity index (χ3n) is 3.59. The zero-order valence-electron chi connectivity index (χ0n) is 10.0. The van der Waals surface area contributed by atoms with Gasteiger partial charge < -0.3 is 15.6 Å². The molecule has 5 heteroatoms. The van der Waals surface area contributed by atoms with Crippen LogP contribution in [0.2, 0.25) is 0 Å². The Morgan fingerprint density at radius 3 is 2.83 bits per heavy atom. The van der Waals surface area contributed by atoms with E-state index in [0.717, 1.165) is 24.6 Å². The lowest BCUT2D eigenvalue weighted by molar-refractivity contribution is -0.0793. The van der Waals surface area contributed by atoms with E-state index < -0.39 is 23.2 Å². The smallest absolute Gasteiger partial charge is 0.129 e. The number of hydrogen-bond donors (Lipinski definition) is 2. The van der Waals surface area contributed by atoms with Crippen LogP contribution in [0.4, 0.5) is 8.78 Å². The Morgan fingerprint density at radius 2 is 2.22 bits per heavy atom. The number of rotatable bonds is 3. The number of halogens is 2. The minimum absolute atomic E-state index is 0.0500. The number of hydrogen-bond acceptors (Lipinski definition) is 3. The average molecular weight is 257 g/mol. The van der Waals surface area contributed by atoms with Crippen molar-refractivity contribution in [2.75, 3.05) is 19.8 Å². The molecule has 3 N–H and O–H groups in total. The number of benzene rings is 1. The van der Waals surface area contributed by atoms with Gasteiger partial charge in [-0.05, 0) is 31.0 Å². The molecule has 100 valence electrons. The predicted molar refractivity (Wildman–Crippen MR) is 62.9 cm³/mol. The summed E-state index contributed by atoms with van der Waals surface area (Å²) in [6.07, 6.45) is 0.240. The molecule has 1 aromatic carbocycles. The van der Waals surface area contributed by atoms with Crippen molar-refractivity contribution < 1.29 is 18.6 Å². The van der Waals surface area contributed by atoms with Gasteiger partial charge in [-0.2, -0.15) is 0 Å². The molecule has 2 rings (SSSR count). The normalized spacial score (nSPS) is 26.0. The highest BCUT2D eigenvalue weighted by Gasteiger charge is 2.40. The van der Waals surface area contributed by atoms with Gasteiger partial charge in [0.1, 0.15) is 11.6 Å². The van der Waals surface area contributed by atoms with Crippen molar-refractivity contribution in [3.8, 4) is 0 Å². The molecule has 0 spiro atoms. The standard InChI is InChI=1S/C13H17F2NO2/c14-9-2-3-11(15)10(6-9)12(17)13(7-16)4-1-5-18-8-13/h2-3,6,12,17H,1,4-5,7-8,16H2. The molecule has 1 aliphatic heterocycles. The third-order valence-corrected chi connectivity index (χ3v) is 3.59. The summed E-state index contributed by atoms with van der Waals surface area (Å²) >= 11 is 0. The minimum Gasteiger partial charge on any atom is -0.388 e. The minimum atomic E-state index is -1.15. The molecule has 0 bridgehead atoms. The number of aliphatic hydroxyl groups excluding tert-OH is 1. The molecule has 18 heavy (non-hydrogen) atoms. The molecule has 0 saturated carbocycles. The Labute approximate surface area is 105 Å². The highest BCUT2D eigenvalue weighted by molar-refractivity contribution is 5.23. The molecule has 2 atom stereocenters. The van der Waals surface area contributed by atoms with Crippen molar-refractivity contribution in [3.63, 3.8) is 0 Å². The maximum Gasteiger partial charge on any atom is 0.129 e. The first kappa shape index (κ1) is 13.4. The second-order valence-corrected chi connectivity index (χ2v) is 4.79. The quantitative estimate of drug-likeness (QED) is 0.867. The zero-order valence-corrected chi connectivity index (χ0v) is 10.0. The molecule has 0 radical (unpaired) electrons. The largest absolute Gasteiger partial charge is 0.388 e. The Hall–Kier alpha value is -1.04. The van der Waals surface area contributed by atoms with Crippen molar-refractivity contribution in [2.45, 2.75) is 18.9 Å². The number of ether oxygens (including phenoxy) is 1. The van der Waals surface area contributed by atoms with Gasteiger partial charge >= 0.3 is 0 Å². The molecule has 3 nitrogen and oxygen atoms in total. The molecular formula is C13H17F2NO2. The Morgan fingerprint density at radius 1 is 1.44 bits per heavy atom. The van der Waals surface area contributed by atoms with Gasteiger partial charge in [-0.15, -0.1) is 0 Å². The highest BCUT2D eigenvalue weighted by Crippen LogP contribution is 2.40. The summed E-state index contributed by atoms with van der Waals surface area (Å²) in [6, 6.07) is 3.06. The van der Waals surface area contributed by atoms with Crippen molar-refractivity contribution in [1.29, 1.82) is 0 Å². The van der Waals surface area contributed by atoms with Crippen LogP contribution < -0.4 is 5.73 Å². The van der Waals surface area contributed by atoms with Gasteiger partial charge in [0, 0.05) is 24.1 Å². The van der Waals surface area contributed by atoms with Crippen LogP contribution >= 0.6 is 0 Å². The van der Waals surface area contributed by atoms with E-state index in [9.17, 15) is 13.9 Å².